The normalized spacial score (nSPS) is 10.8. The molecule has 0 spiro atoms. The number of halogens is 2. The van der Waals surface area contributed by atoms with E-state index < -0.39 is 5.82 Å². The monoisotopic (exact) mass is 272 g/mol. The topological polar surface area (TPSA) is 38.9 Å². The van der Waals surface area contributed by atoms with Gasteiger partial charge in [-0.05, 0) is 24.3 Å². The molecule has 94 valence electrons. The van der Waals surface area contributed by atoms with Crippen LogP contribution in [0.2, 0.25) is 5.02 Å². The van der Waals surface area contributed by atoms with Crippen molar-refractivity contribution in [2.75, 3.05) is 5.73 Å². The molecule has 0 aliphatic carbocycles. The van der Waals surface area contributed by atoms with Gasteiger partial charge in [-0.3, -0.25) is 0 Å². The molecule has 1 aromatic heterocycles. The number of nitrogens with zero attached hydrogens (tertiary/aromatic N) is 1. The van der Waals surface area contributed by atoms with E-state index in [0.29, 0.717) is 16.9 Å². The number of benzene rings is 2. The molecule has 2 nitrogen and oxygen atoms in total. The van der Waals surface area contributed by atoms with Crippen molar-refractivity contribution in [3.63, 3.8) is 0 Å². The third-order valence-corrected chi connectivity index (χ3v) is 3.28. The van der Waals surface area contributed by atoms with Gasteiger partial charge in [-0.2, -0.15) is 0 Å². The zero-order chi connectivity index (χ0) is 13.4. The Morgan fingerprint density at radius 3 is 2.68 bits per heavy atom. The molecule has 0 saturated heterocycles. The molecule has 0 aliphatic heterocycles. The summed E-state index contributed by atoms with van der Waals surface area (Å²) >= 11 is 5.89. The standard InChI is InChI=1S/C15H10ClFN2/c16-12-8-10(17)7-11(15(12)18)14-6-5-9-3-1-2-4-13(9)19-14/h1-8H,18H2. The molecule has 0 radical (unpaired) electrons. The van der Waals surface area contributed by atoms with Gasteiger partial charge >= 0.3 is 0 Å². The second kappa shape index (κ2) is 4.52. The van der Waals surface area contributed by atoms with Gasteiger partial charge in [0, 0.05) is 10.9 Å². The van der Waals surface area contributed by atoms with Gasteiger partial charge in [-0.15, -0.1) is 0 Å². The number of para-hydroxylation sites is 1. The number of nitrogen functional groups attached to an aromatic ring is 1. The summed E-state index contributed by atoms with van der Waals surface area (Å²) in [6.45, 7) is 0. The zero-order valence-corrected chi connectivity index (χ0v) is 10.7. The SMILES string of the molecule is Nc1c(Cl)cc(F)cc1-c1ccc2ccccc2n1. The van der Waals surface area contributed by atoms with E-state index in [0.717, 1.165) is 10.9 Å². The third kappa shape index (κ3) is 2.13. The summed E-state index contributed by atoms with van der Waals surface area (Å²) in [6.07, 6.45) is 0. The van der Waals surface area contributed by atoms with E-state index in [2.05, 4.69) is 4.98 Å². The Kier molecular flexibility index (Phi) is 2.84. The minimum Gasteiger partial charge on any atom is -0.397 e. The predicted molar refractivity (Wildman–Crippen MR) is 76.6 cm³/mol. The molecule has 4 heteroatoms. The number of rotatable bonds is 1. The Morgan fingerprint density at radius 1 is 1.05 bits per heavy atom. The van der Waals surface area contributed by atoms with Gasteiger partial charge in [0.25, 0.3) is 0 Å². The Hall–Kier alpha value is -2.13. The molecule has 0 bridgehead atoms. The summed E-state index contributed by atoms with van der Waals surface area (Å²) in [5.74, 6) is -0.427. The molecular formula is C15H10ClFN2. The van der Waals surface area contributed by atoms with E-state index in [1.807, 2.05) is 36.4 Å². The van der Waals surface area contributed by atoms with Crippen LogP contribution in [0.3, 0.4) is 0 Å². The van der Waals surface area contributed by atoms with Crippen LogP contribution in [-0.2, 0) is 0 Å². The first-order valence-electron chi connectivity index (χ1n) is 5.76. The van der Waals surface area contributed by atoms with Crippen molar-refractivity contribution in [3.8, 4) is 11.3 Å². The van der Waals surface area contributed by atoms with Crippen LogP contribution in [0.4, 0.5) is 10.1 Å². The van der Waals surface area contributed by atoms with Gasteiger partial charge in [-0.1, -0.05) is 35.9 Å². The fraction of sp³-hybridized carbons (Fsp3) is 0. The number of aromatic nitrogens is 1. The van der Waals surface area contributed by atoms with Crippen molar-refractivity contribution in [3.05, 3.63) is 59.4 Å². The lowest BCUT2D eigenvalue weighted by atomic mass is 10.1. The summed E-state index contributed by atoms with van der Waals surface area (Å²) in [5.41, 5.74) is 8.18. The highest BCUT2D eigenvalue weighted by Gasteiger charge is 2.10. The molecule has 0 aliphatic rings. The second-order valence-electron chi connectivity index (χ2n) is 4.24. The summed E-state index contributed by atoms with van der Waals surface area (Å²) < 4.78 is 13.4. The van der Waals surface area contributed by atoms with Crippen molar-refractivity contribution in [2.24, 2.45) is 0 Å². The van der Waals surface area contributed by atoms with Crippen LogP contribution in [0, 0.1) is 5.82 Å². The molecule has 1 heterocycles. The number of hydrogen-bond donors (Lipinski definition) is 1. The third-order valence-electron chi connectivity index (χ3n) is 2.97. The minimum atomic E-state index is -0.427. The van der Waals surface area contributed by atoms with Crippen molar-refractivity contribution in [2.45, 2.75) is 0 Å². The van der Waals surface area contributed by atoms with E-state index in [9.17, 15) is 4.39 Å². The fourth-order valence-electron chi connectivity index (χ4n) is 2.01. The predicted octanol–water partition coefficient (Wildman–Crippen LogP) is 4.28. The summed E-state index contributed by atoms with van der Waals surface area (Å²) in [6, 6.07) is 14.0. The van der Waals surface area contributed by atoms with Crippen LogP contribution in [0.15, 0.2) is 48.5 Å². The molecule has 0 amide bonds. The molecule has 2 aromatic carbocycles. The van der Waals surface area contributed by atoms with Gasteiger partial charge in [0.15, 0.2) is 0 Å². The highest BCUT2D eigenvalue weighted by Crippen LogP contribution is 2.32. The lowest BCUT2D eigenvalue weighted by Gasteiger charge is -2.08. The van der Waals surface area contributed by atoms with E-state index in [1.165, 1.54) is 12.1 Å². The Morgan fingerprint density at radius 2 is 1.84 bits per heavy atom. The van der Waals surface area contributed by atoms with E-state index >= 15 is 0 Å². The fourth-order valence-corrected chi connectivity index (χ4v) is 2.22. The molecule has 3 aromatic rings. The summed E-state index contributed by atoms with van der Waals surface area (Å²) in [5, 5.41) is 1.22. The molecule has 0 unspecified atom stereocenters. The maximum absolute atomic E-state index is 13.4. The van der Waals surface area contributed by atoms with Gasteiger partial charge < -0.3 is 5.73 Å². The molecule has 3 rings (SSSR count). The largest absolute Gasteiger partial charge is 0.397 e. The van der Waals surface area contributed by atoms with Crippen LogP contribution in [0.25, 0.3) is 22.2 Å². The van der Waals surface area contributed by atoms with Crippen LogP contribution >= 0.6 is 11.6 Å². The summed E-state index contributed by atoms with van der Waals surface area (Å²) in [7, 11) is 0. The van der Waals surface area contributed by atoms with Gasteiger partial charge in [0.2, 0.25) is 0 Å². The van der Waals surface area contributed by atoms with Crippen LogP contribution in [0.5, 0.6) is 0 Å². The van der Waals surface area contributed by atoms with Gasteiger partial charge in [-0.25, -0.2) is 9.37 Å². The first-order chi connectivity index (χ1) is 9.15. The molecule has 0 saturated carbocycles. The van der Waals surface area contributed by atoms with Gasteiger partial charge in [0.1, 0.15) is 5.82 Å². The average molecular weight is 273 g/mol. The highest BCUT2D eigenvalue weighted by molar-refractivity contribution is 6.33. The quantitative estimate of drug-likeness (QED) is 0.672. The maximum Gasteiger partial charge on any atom is 0.125 e. The van der Waals surface area contributed by atoms with Crippen molar-refractivity contribution < 1.29 is 4.39 Å². The second-order valence-corrected chi connectivity index (χ2v) is 4.65. The molecule has 0 fully saturated rings. The summed E-state index contributed by atoms with van der Waals surface area (Å²) in [4.78, 5) is 4.48. The molecule has 0 atom stereocenters. The van der Waals surface area contributed by atoms with Gasteiger partial charge in [0.05, 0.1) is 21.9 Å². The minimum absolute atomic E-state index is 0.199. The Balaban J connectivity index is 2.24. The number of nitrogens with two attached hydrogens (primary N) is 1. The molecule has 19 heavy (non-hydrogen) atoms. The smallest absolute Gasteiger partial charge is 0.125 e. The zero-order valence-electron chi connectivity index (χ0n) is 9.90. The Labute approximate surface area is 114 Å². The highest BCUT2D eigenvalue weighted by atomic mass is 35.5. The number of anilines is 1. The molecular weight excluding hydrogens is 263 g/mol. The van der Waals surface area contributed by atoms with Crippen molar-refractivity contribution in [1.29, 1.82) is 0 Å². The number of fused-ring (bicyclic) bond motifs is 1. The van der Waals surface area contributed by atoms with E-state index in [1.54, 1.807) is 0 Å². The van der Waals surface area contributed by atoms with Crippen molar-refractivity contribution in [1.82, 2.24) is 4.98 Å². The number of pyridine rings is 1. The van der Waals surface area contributed by atoms with Crippen LogP contribution in [0.1, 0.15) is 0 Å². The first-order valence-corrected chi connectivity index (χ1v) is 6.13. The van der Waals surface area contributed by atoms with Crippen LogP contribution < -0.4 is 5.73 Å². The maximum atomic E-state index is 13.4. The number of hydrogen-bond acceptors (Lipinski definition) is 2. The molecule has 2 N–H and O–H groups in total. The van der Waals surface area contributed by atoms with E-state index in [4.69, 9.17) is 17.3 Å². The van der Waals surface area contributed by atoms with E-state index in [-0.39, 0.29) is 5.02 Å². The Bertz CT molecular complexity index is 771. The van der Waals surface area contributed by atoms with Crippen LogP contribution in [-0.4, -0.2) is 4.98 Å². The lowest BCUT2D eigenvalue weighted by Crippen LogP contribution is -1.95. The van der Waals surface area contributed by atoms with Crippen molar-refractivity contribution >= 4 is 28.2 Å². The lowest BCUT2D eigenvalue weighted by molar-refractivity contribution is 0.628. The average Bonchev–Trinajstić information content (AvgIpc) is 2.42. The first kappa shape index (κ1) is 11.9.